The van der Waals surface area contributed by atoms with Crippen LogP contribution in [0, 0.1) is 18.6 Å². The second-order valence-electron chi connectivity index (χ2n) is 5.76. The Morgan fingerprint density at radius 2 is 1.77 bits per heavy atom. The van der Waals surface area contributed by atoms with Gasteiger partial charge in [-0.3, -0.25) is 0 Å². The molecule has 4 nitrogen and oxygen atoms in total. The van der Waals surface area contributed by atoms with Gasteiger partial charge in [0.25, 0.3) is 0 Å². The number of aryl methyl sites for hydroxylation is 1. The highest BCUT2D eigenvalue weighted by molar-refractivity contribution is 7.89. The van der Waals surface area contributed by atoms with E-state index in [2.05, 4.69) is 9.71 Å². The summed E-state index contributed by atoms with van der Waals surface area (Å²) < 4.78 is 53.3. The maximum Gasteiger partial charge on any atom is 0.241 e. The highest BCUT2D eigenvalue weighted by Gasteiger charge is 2.17. The van der Waals surface area contributed by atoms with Gasteiger partial charge in [0.2, 0.25) is 10.0 Å². The van der Waals surface area contributed by atoms with Crippen molar-refractivity contribution < 1.29 is 17.2 Å². The third-order valence-electron chi connectivity index (χ3n) is 3.73. The van der Waals surface area contributed by atoms with Crippen LogP contribution in [-0.4, -0.2) is 13.4 Å². The first-order chi connectivity index (χ1) is 12.3. The average molecular weight is 394 g/mol. The van der Waals surface area contributed by atoms with Crippen molar-refractivity contribution in [3.8, 4) is 0 Å². The lowest BCUT2D eigenvalue weighted by molar-refractivity contribution is 0.579. The van der Waals surface area contributed by atoms with Gasteiger partial charge in [0.15, 0.2) is 0 Å². The maximum atomic E-state index is 13.1. The molecule has 26 heavy (non-hydrogen) atoms. The van der Waals surface area contributed by atoms with Crippen LogP contribution in [0.25, 0.3) is 0 Å². The summed E-state index contributed by atoms with van der Waals surface area (Å²) in [6.45, 7) is 1.59. The zero-order chi connectivity index (χ0) is 18.7. The topological polar surface area (TPSA) is 59.1 Å². The highest BCUT2D eigenvalue weighted by Crippen LogP contribution is 2.20. The molecule has 3 aromatic rings. The van der Waals surface area contributed by atoms with Gasteiger partial charge in [0.05, 0.1) is 11.4 Å². The number of hydrogen-bond donors (Lipinski definition) is 1. The third kappa shape index (κ3) is 4.51. The molecular formula is C18H16F2N2O2S2. The molecule has 0 fully saturated rings. The van der Waals surface area contributed by atoms with E-state index in [0.717, 1.165) is 16.5 Å². The highest BCUT2D eigenvalue weighted by atomic mass is 32.2. The second kappa shape index (κ2) is 7.61. The van der Waals surface area contributed by atoms with Gasteiger partial charge >= 0.3 is 0 Å². The van der Waals surface area contributed by atoms with Crippen LogP contribution < -0.4 is 4.72 Å². The van der Waals surface area contributed by atoms with Crippen molar-refractivity contribution in [2.45, 2.75) is 24.8 Å². The summed E-state index contributed by atoms with van der Waals surface area (Å²) in [7, 11) is -3.75. The van der Waals surface area contributed by atoms with Gasteiger partial charge in [-0.15, -0.1) is 11.3 Å². The Balaban J connectivity index is 1.66. The summed E-state index contributed by atoms with van der Waals surface area (Å²) >= 11 is 1.38. The molecule has 1 heterocycles. The quantitative estimate of drug-likeness (QED) is 0.692. The van der Waals surface area contributed by atoms with Crippen molar-refractivity contribution in [1.82, 2.24) is 9.71 Å². The van der Waals surface area contributed by atoms with Crippen LogP contribution in [0.4, 0.5) is 8.78 Å². The number of halogens is 2. The van der Waals surface area contributed by atoms with Crippen LogP contribution in [0.15, 0.2) is 53.6 Å². The fraction of sp³-hybridized carbons (Fsp3) is 0.167. The van der Waals surface area contributed by atoms with E-state index in [1.54, 1.807) is 25.3 Å². The number of sulfonamides is 1. The number of nitrogens with one attached hydrogen (secondary N) is 1. The van der Waals surface area contributed by atoms with Gasteiger partial charge in [-0.1, -0.05) is 12.1 Å². The molecule has 8 heteroatoms. The van der Waals surface area contributed by atoms with Crippen molar-refractivity contribution >= 4 is 21.4 Å². The smallest absolute Gasteiger partial charge is 0.241 e. The largest absolute Gasteiger partial charge is 0.248 e. The van der Waals surface area contributed by atoms with Crippen LogP contribution in [0.2, 0.25) is 0 Å². The van der Waals surface area contributed by atoms with E-state index in [9.17, 15) is 17.2 Å². The fourth-order valence-electron chi connectivity index (χ4n) is 2.46. The Morgan fingerprint density at radius 1 is 1.08 bits per heavy atom. The molecule has 0 aliphatic heterocycles. The van der Waals surface area contributed by atoms with Crippen LogP contribution in [0.5, 0.6) is 0 Å². The summed E-state index contributed by atoms with van der Waals surface area (Å²) in [5.41, 5.74) is 1.29. The number of aromatic nitrogens is 1. The zero-order valence-corrected chi connectivity index (χ0v) is 15.5. The van der Waals surface area contributed by atoms with Gasteiger partial charge in [0, 0.05) is 17.5 Å². The predicted octanol–water partition coefficient (Wildman–Crippen LogP) is 3.80. The molecule has 0 spiro atoms. The lowest BCUT2D eigenvalue weighted by atomic mass is 10.1. The van der Waals surface area contributed by atoms with E-state index in [1.165, 1.54) is 35.6 Å². The lowest BCUT2D eigenvalue weighted by Crippen LogP contribution is -2.24. The zero-order valence-electron chi connectivity index (χ0n) is 13.9. The van der Waals surface area contributed by atoms with Gasteiger partial charge in [-0.05, 0) is 48.4 Å². The van der Waals surface area contributed by atoms with Crippen LogP contribution in [0.1, 0.15) is 21.0 Å². The van der Waals surface area contributed by atoms with Gasteiger partial charge in [-0.25, -0.2) is 26.9 Å². The lowest BCUT2D eigenvalue weighted by Gasteiger charge is -2.08. The molecule has 0 unspecified atom stereocenters. The molecule has 1 aromatic heterocycles. The van der Waals surface area contributed by atoms with Crippen molar-refractivity contribution in [2.75, 3.05) is 0 Å². The van der Waals surface area contributed by atoms with E-state index in [4.69, 9.17) is 0 Å². The van der Waals surface area contributed by atoms with E-state index in [-0.39, 0.29) is 17.3 Å². The van der Waals surface area contributed by atoms with Crippen LogP contribution >= 0.6 is 11.3 Å². The minimum atomic E-state index is -3.75. The summed E-state index contributed by atoms with van der Waals surface area (Å²) in [6, 6.07) is 9.75. The normalized spacial score (nSPS) is 11.7. The third-order valence-corrected chi connectivity index (χ3v) is 6.29. The molecule has 2 aromatic carbocycles. The van der Waals surface area contributed by atoms with E-state index in [0.29, 0.717) is 17.0 Å². The number of benzene rings is 2. The molecule has 0 aliphatic rings. The molecular weight excluding hydrogens is 378 g/mol. The monoisotopic (exact) mass is 394 g/mol. The van der Waals surface area contributed by atoms with Crippen LogP contribution in [-0.2, 0) is 23.0 Å². The van der Waals surface area contributed by atoms with E-state index >= 15 is 0 Å². The van der Waals surface area contributed by atoms with Gasteiger partial charge < -0.3 is 0 Å². The van der Waals surface area contributed by atoms with Gasteiger partial charge in [0.1, 0.15) is 16.6 Å². The molecule has 136 valence electrons. The summed E-state index contributed by atoms with van der Waals surface area (Å²) in [5, 5.41) is 0.616. The average Bonchev–Trinajstić information content (AvgIpc) is 3.02. The first-order valence-electron chi connectivity index (χ1n) is 7.77. The Labute approximate surface area is 154 Å². The molecule has 1 N–H and O–H groups in total. The van der Waals surface area contributed by atoms with Crippen LogP contribution in [0.3, 0.4) is 0 Å². The first kappa shape index (κ1) is 18.6. The van der Waals surface area contributed by atoms with Crippen molar-refractivity contribution in [3.05, 3.63) is 81.3 Å². The fourth-order valence-corrected chi connectivity index (χ4v) is 4.66. The minimum absolute atomic E-state index is 0.0435. The Morgan fingerprint density at radius 3 is 2.46 bits per heavy atom. The predicted molar refractivity (Wildman–Crippen MR) is 96.5 cm³/mol. The molecule has 0 aliphatic carbocycles. The molecule has 0 radical (unpaired) electrons. The first-order valence-corrected chi connectivity index (χ1v) is 10.1. The summed E-state index contributed by atoms with van der Waals surface area (Å²) in [4.78, 5) is 5.21. The molecule has 3 rings (SSSR count). The number of thiazole rings is 1. The van der Waals surface area contributed by atoms with Crippen molar-refractivity contribution in [2.24, 2.45) is 0 Å². The second-order valence-corrected chi connectivity index (χ2v) is 8.69. The maximum absolute atomic E-state index is 13.1. The Kier molecular flexibility index (Phi) is 5.45. The van der Waals surface area contributed by atoms with Crippen molar-refractivity contribution in [1.29, 1.82) is 0 Å². The number of hydrogen-bond acceptors (Lipinski definition) is 4. The molecule has 0 atom stereocenters. The summed E-state index contributed by atoms with van der Waals surface area (Å²) in [6.07, 6.45) is 2.28. The van der Waals surface area contributed by atoms with Crippen molar-refractivity contribution in [3.63, 3.8) is 0 Å². The molecule has 0 amide bonds. The number of nitrogens with zero attached hydrogens (tertiary/aromatic N) is 1. The summed E-state index contributed by atoms with van der Waals surface area (Å²) in [5.74, 6) is -0.768. The minimum Gasteiger partial charge on any atom is -0.248 e. The SMILES string of the molecule is Cc1cc(F)ccc1S(=O)(=O)NCc1ncc(Cc2ccc(F)cc2)s1. The molecule has 0 saturated carbocycles. The number of rotatable bonds is 6. The Bertz CT molecular complexity index is 1020. The van der Waals surface area contributed by atoms with Gasteiger partial charge in [-0.2, -0.15) is 0 Å². The molecule has 0 bridgehead atoms. The van der Waals surface area contributed by atoms with E-state index < -0.39 is 15.8 Å². The Hall–Kier alpha value is -2.16. The standard InChI is InChI=1S/C18H16F2N2O2S2/c1-12-8-15(20)6-7-17(12)26(23,24)22-11-18-21-10-16(25-18)9-13-2-4-14(19)5-3-13/h2-8,10,22H,9,11H2,1H3. The van der Waals surface area contributed by atoms with E-state index in [1.807, 2.05) is 0 Å². The molecule has 0 saturated heterocycles.